The van der Waals surface area contributed by atoms with Crippen molar-refractivity contribution in [3.63, 3.8) is 0 Å². The minimum atomic E-state index is 0.508. The first-order valence-corrected chi connectivity index (χ1v) is 8.15. The Kier molecular flexibility index (Phi) is 3.09. The number of rotatable bonds is 2. The Morgan fingerprint density at radius 1 is 1.28 bits per heavy atom. The third kappa shape index (κ3) is 1.70. The van der Waals surface area contributed by atoms with E-state index >= 15 is 0 Å². The number of fused-ring (bicyclic) bond motifs is 2. The van der Waals surface area contributed by atoms with E-state index in [-0.39, 0.29) is 0 Å². The van der Waals surface area contributed by atoms with Crippen LogP contribution in [0.1, 0.15) is 65.2 Å². The van der Waals surface area contributed by atoms with Gasteiger partial charge in [0.25, 0.3) is 0 Å². The third-order valence-electron chi connectivity index (χ3n) is 6.48. The molecular formula is C17H30N+. The number of likely N-dealkylation sites (N-methyl/N-ethyl adjacent to an activating group) is 1. The zero-order valence-corrected chi connectivity index (χ0v) is 12.6. The molecular weight excluding hydrogens is 218 g/mol. The summed E-state index contributed by atoms with van der Waals surface area (Å²) in [5.74, 6) is 0.997. The molecule has 0 bridgehead atoms. The molecule has 3 atom stereocenters. The van der Waals surface area contributed by atoms with Crippen molar-refractivity contribution in [2.45, 2.75) is 70.8 Å². The summed E-state index contributed by atoms with van der Waals surface area (Å²) >= 11 is 0. The first kappa shape index (κ1) is 12.7. The lowest BCUT2D eigenvalue weighted by atomic mass is 9.71. The predicted molar refractivity (Wildman–Crippen MR) is 77.4 cm³/mol. The highest BCUT2D eigenvalue weighted by Crippen LogP contribution is 2.51. The van der Waals surface area contributed by atoms with Crippen LogP contribution < -0.4 is 0 Å². The zero-order chi connectivity index (χ0) is 12.8. The third-order valence-corrected chi connectivity index (χ3v) is 6.48. The molecule has 0 N–H and O–H groups in total. The van der Waals surface area contributed by atoms with Crippen LogP contribution in [0, 0.1) is 5.92 Å². The maximum absolute atomic E-state index is 2.59. The number of hydrogen-bond donors (Lipinski definition) is 0. The van der Waals surface area contributed by atoms with Crippen molar-refractivity contribution >= 4 is 0 Å². The Hall–Kier alpha value is -0.300. The van der Waals surface area contributed by atoms with Gasteiger partial charge in [-0.05, 0) is 44.6 Å². The molecule has 2 aliphatic heterocycles. The molecule has 0 radical (unpaired) electrons. The molecule has 1 heteroatoms. The minimum absolute atomic E-state index is 0.508. The summed E-state index contributed by atoms with van der Waals surface area (Å²) in [6.07, 6.45) is 11.4. The molecule has 2 heterocycles. The van der Waals surface area contributed by atoms with Gasteiger partial charge in [-0.25, -0.2) is 0 Å². The normalized spacial score (nSPS) is 43.8. The van der Waals surface area contributed by atoms with Crippen LogP contribution in [0.3, 0.4) is 0 Å². The van der Waals surface area contributed by atoms with Crippen LogP contribution in [-0.4, -0.2) is 30.2 Å². The van der Waals surface area contributed by atoms with E-state index in [9.17, 15) is 0 Å². The van der Waals surface area contributed by atoms with Crippen LogP contribution in [0.15, 0.2) is 11.1 Å². The van der Waals surface area contributed by atoms with Gasteiger partial charge in [0.1, 0.15) is 5.54 Å². The van der Waals surface area contributed by atoms with Gasteiger partial charge in [-0.3, -0.25) is 0 Å². The highest BCUT2D eigenvalue weighted by atomic mass is 15.4. The average molecular weight is 248 g/mol. The van der Waals surface area contributed by atoms with Crippen LogP contribution in [0.5, 0.6) is 0 Å². The molecule has 1 fully saturated rings. The summed E-state index contributed by atoms with van der Waals surface area (Å²) in [5.41, 5.74) is 4.27. The molecule has 0 spiro atoms. The quantitative estimate of drug-likeness (QED) is 0.505. The summed E-state index contributed by atoms with van der Waals surface area (Å²) in [5, 5.41) is 0. The van der Waals surface area contributed by atoms with Crippen molar-refractivity contribution in [1.82, 2.24) is 0 Å². The molecule has 0 amide bonds. The van der Waals surface area contributed by atoms with Crippen LogP contribution in [0.2, 0.25) is 0 Å². The van der Waals surface area contributed by atoms with Gasteiger partial charge in [-0.2, -0.15) is 0 Å². The monoisotopic (exact) mass is 248 g/mol. The second-order valence-electron chi connectivity index (χ2n) is 7.45. The molecule has 1 saturated heterocycles. The van der Waals surface area contributed by atoms with Gasteiger partial charge in [0.05, 0.1) is 20.1 Å². The molecule has 3 aliphatic rings. The summed E-state index contributed by atoms with van der Waals surface area (Å²) in [4.78, 5) is 0. The molecule has 0 unspecified atom stereocenters. The Balaban J connectivity index is 1.89. The van der Waals surface area contributed by atoms with Gasteiger partial charge in [0, 0.05) is 18.8 Å². The lowest BCUT2D eigenvalue weighted by Crippen LogP contribution is -2.67. The largest absolute Gasteiger partial charge is 0.317 e. The van der Waals surface area contributed by atoms with Crippen LogP contribution in [0.25, 0.3) is 0 Å². The molecule has 1 aliphatic carbocycles. The second kappa shape index (κ2) is 4.37. The van der Waals surface area contributed by atoms with Crippen molar-refractivity contribution in [3.05, 3.63) is 11.1 Å². The summed E-state index contributed by atoms with van der Waals surface area (Å²) in [6, 6.07) is 0. The summed E-state index contributed by atoms with van der Waals surface area (Å²) in [7, 11) is 2.56. The Morgan fingerprint density at radius 2 is 2.11 bits per heavy atom. The summed E-state index contributed by atoms with van der Waals surface area (Å²) < 4.78 is 1.36. The number of piperidine rings is 1. The van der Waals surface area contributed by atoms with Crippen molar-refractivity contribution in [2.75, 3.05) is 20.1 Å². The van der Waals surface area contributed by atoms with Gasteiger partial charge >= 0.3 is 0 Å². The Morgan fingerprint density at radius 3 is 2.89 bits per heavy atom. The first-order valence-electron chi connectivity index (χ1n) is 8.15. The molecule has 0 aromatic rings. The second-order valence-corrected chi connectivity index (χ2v) is 7.45. The fourth-order valence-corrected chi connectivity index (χ4v) is 5.19. The number of quaternary nitrogens is 1. The highest BCUT2D eigenvalue weighted by Gasteiger charge is 2.54. The predicted octanol–water partition coefficient (Wildman–Crippen LogP) is 4.29. The van der Waals surface area contributed by atoms with E-state index in [0.717, 1.165) is 5.92 Å². The topological polar surface area (TPSA) is 0 Å². The molecule has 102 valence electrons. The van der Waals surface area contributed by atoms with Crippen LogP contribution in [-0.2, 0) is 0 Å². The van der Waals surface area contributed by atoms with Gasteiger partial charge in [-0.15, -0.1) is 0 Å². The molecule has 0 saturated carbocycles. The van der Waals surface area contributed by atoms with E-state index < -0.39 is 0 Å². The Labute approximate surface area is 113 Å². The average Bonchev–Trinajstić information content (AvgIpc) is 2.81. The lowest BCUT2D eigenvalue weighted by molar-refractivity contribution is -0.961. The summed E-state index contributed by atoms with van der Waals surface area (Å²) in [6.45, 7) is 7.80. The van der Waals surface area contributed by atoms with E-state index in [1.54, 1.807) is 0 Å². The van der Waals surface area contributed by atoms with Gasteiger partial charge < -0.3 is 4.48 Å². The SMILES string of the molecule is CCC[C@@H]1CC[C@]2(C)C3=C(CCC3)CC[N@+]2(C)C1. The van der Waals surface area contributed by atoms with Crippen LogP contribution >= 0.6 is 0 Å². The van der Waals surface area contributed by atoms with Crippen molar-refractivity contribution < 1.29 is 4.48 Å². The van der Waals surface area contributed by atoms with Crippen molar-refractivity contribution in [1.29, 1.82) is 0 Å². The maximum Gasteiger partial charge on any atom is 0.118 e. The fraction of sp³-hybridized carbons (Fsp3) is 0.882. The standard InChI is InChI=1S/C17H30N/c1-4-6-14-9-11-17(2)16-8-5-7-15(16)10-12-18(17,3)13-14/h14H,4-13H2,1-3H3/q+1/t14-,17-,18-/m1/s1. The molecule has 1 nitrogen and oxygen atoms in total. The van der Waals surface area contributed by atoms with E-state index in [1.165, 1.54) is 68.9 Å². The van der Waals surface area contributed by atoms with E-state index in [0.29, 0.717) is 5.54 Å². The van der Waals surface area contributed by atoms with Gasteiger partial charge in [0.2, 0.25) is 0 Å². The van der Waals surface area contributed by atoms with Crippen LogP contribution in [0.4, 0.5) is 0 Å². The lowest BCUT2D eigenvalue weighted by Gasteiger charge is -2.57. The highest BCUT2D eigenvalue weighted by molar-refractivity contribution is 5.30. The van der Waals surface area contributed by atoms with E-state index in [2.05, 4.69) is 20.9 Å². The zero-order valence-electron chi connectivity index (χ0n) is 12.6. The van der Waals surface area contributed by atoms with Crippen molar-refractivity contribution in [2.24, 2.45) is 5.92 Å². The maximum atomic E-state index is 2.59. The van der Waals surface area contributed by atoms with Gasteiger partial charge in [-0.1, -0.05) is 18.9 Å². The van der Waals surface area contributed by atoms with E-state index in [1.807, 2.05) is 11.1 Å². The smallest absolute Gasteiger partial charge is 0.118 e. The number of hydrogen-bond acceptors (Lipinski definition) is 0. The molecule has 0 aromatic heterocycles. The molecule has 0 aromatic carbocycles. The van der Waals surface area contributed by atoms with Gasteiger partial charge in [0.15, 0.2) is 0 Å². The minimum Gasteiger partial charge on any atom is -0.317 e. The number of nitrogens with zero attached hydrogens (tertiary/aromatic N) is 1. The molecule has 18 heavy (non-hydrogen) atoms. The van der Waals surface area contributed by atoms with E-state index in [4.69, 9.17) is 0 Å². The Bertz CT molecular complexity index is 370. The first-order chi connectivity index (χ1) is 8.59. The fourth-order valence-electron chi connectivity index (χ4n) is 5.19. The molecule has 3 rings (SSSR count). The van der Waals surface area contributed by atoms with Crippen molar-refractivity contribution in [3.8, 4) is 0 Å².